The highest BCUT2D eigenvalue weighted by atomic mass is 35.5. The van der Waals surface area contributed by atoms with Crippen molar-refractivity contribution in [3.63, 3.8) is 0 Å². The van der Waals surface area contributed by atoms with Crippen LogP contribution in [0.4, 0.5) is 5.69 Å². The monoisotopic (exact) mass is 479 g/mol. The number of methoxy groups -OCH3 is 1. The van der Waals surface area contributed by atoms with Gasteiger partial charge in [0.1, 0.15) is 0 Å². The molecule has 1 fully saturated rings. The van der Waals surface area contributed by atoms with Gasteiger partial charge in [0.25, 0.3) is 0 Å². The Morgan fingerprint density at radius 2 is 1.76 bits per heavy atom. The Balaban J connectivity index is 1.68. The van der Waals surface area contributed by atoms with E-state index < -0.39 is 0 Å². The minimum atomic E-state index is 0.0959. The van der Waals surface area contributed by atoms with E-state index >= 15 is 0 Å². The maximum absolute atomic E-state index is 9.17. The molecule has 0 amide bonds. The fourth-order valence-corrected chi connectivity index (χ4v) is 5.03. The summed E-state index contributed by atoms with van der Waals surface area (Å²) in [6.07, 6.45) is 0. The van der Waals surface area contributed by atoms with Gasteiger partial charge >= 0.3 is 0 Å². The summed E-state index contributed by atoms with van der Waals surface area (Å²) in [5.74, 6) is 0. The minimum Gasteiger partial charge on any atom is -0.383 e. The average Bonchev–Trinajstić information content (AvgIpc) is 2.83. The maximum atomic E-state index is 9.17. The molecule has 1 unspecified atom stereocenters. The molecule has 0 spiro atoms. The lowest BCUT2D eigenvalue weighted by Crippen LogP contribution is -2.50. The molecule has 0 aromatic heterocycles. The van der Waals surface area contributed by atoms with Crippen LogP contribution >= 0.6 is 23.2 Å². The van der Waals surface area contributed by atoms with E-state index in [1.165, 1.54) is 11.1 Å². The highest BCUT2D eigenvalue weighted by molar-refractivity contribution is 6.36. The highest BCUT2D eigenvalue weighted by Crippen LogP contribution is 2.38. The fourth-order valence-electron chi connectivity index (χ4n) is 4.51. The predicted molar refractivity (Wildman–Crippen MR) is 135 cm³/mol. The first kappa shape index (κ1) is 23.6. The quantitative estimate of drug-likeness (QED) is 0.408. The number of halogens is 2. The standard InChI is InChI=1S/C27H27Cl2N3O/c1-19-3-7-21(8-4-19)26-17-31(13-14-32(26)25-12-11-23(28)15-24(25)29)27(18-33-2)22-9-5-20(16-30)6-10-22/h3-12,15,26-27H,13-14,17-18H2,1-2H3/t26?,27-/m0/s1. The van der Waals surface area contributed by atoms with Crippen LogP contribution in [-0.4, -0.2) is 38.3 Å². The zero-order valence-corrected chi connectivity index (χ0v) is 20.4. The molecule has 0 N–H and O–H groups in total. The van der Waals surface area contributed by atoms with Gasteiger partial charge in [0.15, 0.2) is 0 Å². The smallest absolute Gasteiger partial charge is 0.0991 e. The van der Waals surface area contributed by atoms with Crippen LogP contribution in [0.3, 0.4) is 0 Å². The van der Waals surface area contributed by atoms with Crippen LogP contribution in [-0.2, 0) is 4.74 Å². The van der Waals surface area contributed by atoms with E-state index in [0.29, 0.717) is 22.2 Å². The number of aryl methyl sites for hydroxylation is 1. The van der Waals surface area contributed by atoms with Crippen molar-refractivity contribution >= 4 is 28.9 Å². The van der Waals surface area contributed by atoms with Crippen molar-refractivity contribution in [2.45, 2.75) is 19.0 Å². The Bertz CT molecular complexity index is 1130. The molecule has 6 heteroatoms. The van der Waals surface area contributed by atoms with Crippen molar-refractivity contribution in [1.29, 1.82) is 5.26 Å². The number of piperazine rings is 1. The fraction of sp³-hybridized carbons (Fsp3) is 0.296. The van der Waals surface area contributed by atoms with E-state index in [-0.39, 0.29) is 12.1 Å². The average molecular weight is 480 g/mol. The van der Waals surface area contributed by atoms with Gasteiger partial charge in [-0.25, -0.2) is 0 Å². The van der Waals surface area contributed by atoms with Crippen molar-refractivity contribution in [2.24, 2.45) is 0 Å². The lowest BCUT2D eigenvalue weighted by molar-refractivity contribution is 0.0758. The summed E-state index contributed by atoms with van der Waals surface area (Å²) in [6.45, 7) is 5.17. The summed E-state index contributed by atoms with van der Waals surface area (Å²) in [7, 11) is 1.73. The summed E-state index contributed by atoms with van der Waals surface area (Å²) in [5, 5.41) is 10.5. The number of anilines is 1. The lowest BCUT2D eigenvalue weighted by Gasteiger charge is -2.46. The number of ether oxygens (including phenoxy) is 1. The Morgan fingerprint density at radius 3 is 2.39 bits per heavy atom. The second-order valence-electron chi connectivity index (χ2n) is 8.42. The first-order valence-corrected chi connectivity index (χ1v) is 11.8. The van der Waals surface area contributed by atoms with Crippen LogP contribution in [0.5, 0.6) is 0 Å². The number of hydrogen-bond acceptors (Lipinski definition) is 4. The van der Waals surface area contributed by atoms with Gasteiger partial charge in [-0.15, -0.1) is 0 Å². The largest absolute Gasteiger partial charge is 0.383 e. The Hall–Kier alpha value is -2.55. The molecule has 1 saturated heterocycles. The molecule has 0 bridgehead atoms. The zero-order valence-electron chi connectivity index (χ0n) is 18.8. The van der Waals surface area contributed by atoms with Crippen LogP contribution in [0.25, 0.3) is 0 Å². The van der Waals surface area contributed by atoms with E-state index in [0.717, 1.165) is 30.9 Å². The van der Waals surface area contributed by atoms with E-state index in [1.807, 2.05) is 42.5 Å². The van der Waals surface area contributed by atoms with Gasteiger partial charge in [0.05, 0.1) is 41.0 Å². The predicted octanol–water partition coefficient (Wildman–Crippen LogP) is 6.42. The van der Waals surface area contributed by atoms with Crippen LogP contribution in [0.2, 0.25) is 10.0 Å². The maximum Gasteiger partial charge on any atom is 0.0991 e. The Kier molecular flexibility index (Phi) is 7.57. The molecular weight excluding hydrogens is 453 g/mol. The minimum absolute atomic E-state index is 0.0959. The molecule has 0 saturated carbocycles. The van der Waals surface area contributed by atoms with Gasteiger partial charge < -0.3 is 9.64 Å². The van der Waals surface area contributed by atoms with Gasteiger partial charge in [0, 0.05) is 31.8 Å². The van der Waals surface area contributed by atoms with E-state index in [9.17, 15) is 0 Å². The molecule has 4 nitrogen and oxygen atoms in total. The summed E-state index contributed by atoms with van der Waals surface area (Å²) in [6, 6.07) is 24.7. The van der Waals surface area contributed by atoms with Crippen molar-refractivity contribution in [1.82, 2.24) is 4.90 Å². The third-order valence-electron chi connectivity index (χ3n) is 6.28. The Morgan fingerprint density at radius 1 is 1.03 bits per heavy atom. The Labute approximate surface area is 205 Å². The summed E-state index contributed by atoms with van der Waals surface area (Å²) < 4.78 is 5.61. The van der Waals surface area contributed by atoms with Crippen molar-refractivity contribution in [3.8, 4) is 6.07 Å². The molecule has 1 heterocycles. The van der Waals surface area contributed by atoms with Crippen molar-refractivity contribution in [2.75, 3.05) is 38.3 Å². The van der Waals surface area contributed by atoms with Crippen LogP contribution in [0.15, 0.2) is 66.7 Å². The van der Waals surface area contributed by atoms with Crippen LogP contribution in [0.1, 0.15) is 34.3 Å². The highest BCUT2D eigenvalue weighted by Gasteiger charge is 2.33. The SMILES string of the molecule is COC[C@@H](c1ccc(C#N)cc1)N1CCN(c2ccc(Cl)cc2Cl)C(c2ccc(C)cc2)C1. The van der Waals surface area contributed by atoms with Gasteiger partial charge in [0.2, 0.25) is 0 Å². The number of rotatable bonds is 6. The van der Waals surface area contributed by atoms with Gasteiger partial charge in [-0.05, 0) is 48.4 Å². The first-order valence-electron chi connectivity index (χ1n) is 11.0. The first-order chi connectivity index (χ1) is 16.0. The van der Waals surface area contributed by atoms with E-state index in [4.69, 9.17) is 33.2 Å². The molecule has 3 aromatic carbocycles. The summed E-state index contributed by atoms with van der Waals surface area (Å²) in [5.41, 5.74) is 5.28. The molecule has 2 atom stereocenters. The topological polar surface area (TPSA) is 39.5 Å². The number of nitrogens with zero attached hydrogens (tertiary/aromatic N) is 3. The molecule has 3 aromatic rings. The molecule has 0 radical (unpaired) electrons. The molecular formula is C27H27Cl2N3O. The molecule has 4 rings (SSSR count). The number of hydrogen-bond donors (Lipinski definition) is 0. The zero-order chi connectivity index (χ0) is 23.4. The van der Waals surface area contributed by atoms with Gasteiger partial charge in [-0.1, -0.05) is 65.2 Å². The van der Waals surface area contributed by atoms with E-state index in [2.05, 4.69) is 47.1 Å². The summed E-state index contributed by atoms with van der Waals surface area (Å²) in [4.78, 5) is 4.85. The number of nitriles is 1. The van der Waals surface area contributed by atoms with Gasteiger partial charge in [-0.2, -0.15) is 5.26 Å². The lowest BCUT2D eigenvalue weighted by atomic mass is 9.97. The second kappa shape index (κ2) is 10.6. The molecule has 1 aliphatic heterocycles. The summed E-state index contributed by atoms with van der Waals surface area (Å²) >= 11 is 12.8. The van der Waals surface area contributed by atoms with E-state index in [1.54, 1.807) is 7.11 Å². The molecule has 1 aliphatic rings. The molecule has 170 valence electrons. The third-order valence-corrected chi connectivity index (χ3v) is 6.82. The van der Waals surface area contributed by atoms with Gasteiger partial charge in [-0.3, -0.25) is 4.90 Å². The third kappa shape index (κ3) is 5.34. The van der Waals surface area contributed by atoms with Crippen LogP contribution in [0, 0.1) is 18.3 Å². The molecule has 33 heavy (non-hydrogen) atoms. The number of benzene rings is 3. The van der Waals surface area contributed by atoms with Crippen molar-refractivity contribution < 1.29 is 4.74 Å². The molecule has 0 aliphatic carbocycles. The van der Waals surface area contributed by atoms with Crippen LogP contribution < -0.4 is 4.90 Å². The normalized spacial score (nSPS) is 17.5. The second-order valence-corrected chi connectivity index (χ2v) is 9.26. The van der Waals surface area contributed by atoms with Crippen molar-refractivity contribution in [3.05, 3.63) is 99.0 Å².